The summed E-state index contributed by atoms with van der Waals surface area (Å²) in [6.07, 6.45) is -0.196. The van der Waals surface area contributed by atoms with Crippen LogP contribution in [-0.4, -0.2) is 53.8 Å². The molecule has 1 aliphatic heterocycles. The average molecular weight is 686 g/mol. The Balaban J connectivity index is 1.68. The van der Waals surface area contributed by atoms with E-state index in [1.54, 1.807) is 0 Å². The molecule has 0 saturated carbocycles. The first-order valence-electron chi connectivity index (χ1n) is 13.8. The van der Waals surface area contributed by atoms with Crippen LogP contribution in [0.5, 0.6) is 5.75 Å². The maximum Gasteiger partial charge on any atom is 0.416 e. The van der Waals surface area contributed by atoms with Gasteiger partial charge in [0, 0.05) is 18.7 Å². The highest BCUT2D eigenvalue weighted by atomic mass is 35.5. The average Bonchev–Trinajstić information content (AvgIpc) is 3.30. The van der Waals surface area contributed by atoms with Crippen LogP contribution in [0.3, 0.4) is 0 Å². The molecule has 0 spiro atoms. The number of methoxy groups -OCH3 is 1. The monoisotopic (exact) mass is 685 g/mol. The molecule has 1 aliphatic rings. The highest BCUT2D eigenvalue weighted by Crippen LogP contribution is 2.35. The maximum absolute atomic E-state index is 13.8. The fourth-order valence-corrected chi connectivity index (χ4v) is 8.30. The molecule has 0 unspecified atom stereocenters. The molecule has 1 N–H and O–H groups in total. The van der Waals surface area contributed by atoms with Crippen LogP contribution in [0, 0.1) is 0 Å². The number of hydrogen-bond acceptors (Lipinski definition) is 6. The van der Waals surface area contributed by atoms with E-state index in [4.69, 9.17) is 16.3 Å². The summed E-state index contributed by atoms with van der Waals surface area (Å²) in [4.78, 5) is 12.8. The first-order valence-corrected chi connectivity index (χ1v) is 17.1. The Morgan fingerprint density at radius 2 is 1.71 bits per heavy atom. The summed E-state index contributed by atoms with van der Waals surface area (Å²) < 4.78 is 102. The van der Waals surface area contributed by atoms with Gasteiger partial charge in [0.2, 0.25) is 10.0 Å². The van der Waals surface area contributed by atoms with Crippen molar-refractivity contribution < 1.29 is 39.5 Å². The highest BCUT2D eigenvalue weighted by molar-refractivity contribution is 7.93. The van der Waals surface area contributed by atoms with Crippen LogP contribution in [0.2, 0.25) is 5.02 Å². The Hall–Kier alpha value is -3.59. The largest absolute Gasteiger partial charge is 0.495 e. The minimum absolute atomic E-state index is 0.0232. The molecular weight excluding hydrogens is 655 g/mol. The van der Waals surface area contributed by atoms with Gasteiger partial charge in [-0.1, -0.05) is 36.6 Å². The predicted octanol–water partition coefficient (Wildman–Crippen LogP) is 6.57. The van der Waals surface area contributed by atoms with E-state index in [1.165, 1.54) is 53.9 Å². The smallest absolute Gasteiger partial charge is 0.416 e. The number of alkyl halides is 3. The number of nitrogens with zero attached hydrogens (tertiary/aromatic N) is 2. The molecule has 0 bridgehead atoms. The normalized spacial score (nSPS) is 14.8. The number of carbonyl (C=O) groups excluding carboxylic acids is 1. The van der Waals surface area contributed by atoms with E-state index in [9.17, 15) is 34.8 Å². The summed E-state index contributed by atoms with van der Waals surface area (Å²) in [6, 6.07) is 11.2. The minimum atomic E-state index is -4.72. The molecule has 1 fully saturated rings. The third-order valence-corrected chi connectivity index (χ3v) is 11.3. The molecular formula is C30H31ClF3N3O6S2. The molecule has 1 amide bonds. The van der Waals surface area contributed by atoms with E-state index in [0.717, 1.165) is 43.9 Å². The predicted molar refractivity (Wildman–Crippen MR) is 166 cm³/mol. The molecule has 0 atom stereocenters. The van der Waals surface area contributed by atoms with E-state index < -0.39 is 49.1 Å². The van der Waals surface area contributed by atoms with Crippen molar-refractivity contribution in [2.45, 2.75) is 41.7 Å². The van der Waals surface area contributed by atoms with E-state index >= 15 is 0 Å². The van der Waals surface area contributed by atoms with Gasteiger partial charge >= 0.3 is 6.18 Å². The van der Waals surface area contributed by atoms with Crippen LogP contribution >= 0.6 is 11.6 Å². The van der Waals surface area contributed by atoms with Crippen LogP contribution in [-0.2, 0) is 26.2 Å². The lowest BCUT2D eigenvalue weighted by Crippen LogP contribution is -2.32. The Labute approximate surface area is 265 Å². The van der Waals surface area contributed by atoms with Crippen molar-refractivity contribution in [3.8, 4) is 5.75 Å². The molecule has 4 rings (SSSR count). The van der Waals surface area contributed by atoms with Gasteiger partial charge in [0.15, 0.2) is 0 Å². The zero-order valence-corrected chi connectivity index (χ0v) is 26.6. The van der Waals surface area contributed by atoms with Gasteiger partial charge in [-0.15, -0.1) is 6.58 Å². The summed E-state index contributed by atoms with van der Waals surface area (Å²) in [5.74, 6) is -0.665. The Morgan fingerprint density at radius 1 is 1.02 bits per heavy atom. The summed E-state index contributed by atoms with van der Waals surface area (Å²) in [5.41, 5.74) is -1.50. The summed E-state index contributed by atoms with van der Waals surface area (Å²) in [6.45, 7) is 3.87. The van der Waals surface area contributed by atoms with Gasteiger partial charge in [-0.05, 0) is 67.4 Å². The molecule has 15 heteroatoms. The fourth-order valence-electron chi connectivity index (χ4n) is 4.83. The topological polar surface area (TPSA) is 113 Å². The van der Waals surface area contributed by atoms with E-state index in [1.807, 2.05) is 0 Å². The molecule has 1 heterocycles. The van der Waals surface area contributed by atoms with Gasteiger partial charge in [-0.2, -0.15) is 17.5 Å². The van der Waals surface area contributed by atoms with Crippen molar-refractivity contribution in [1.29, 1.82) is 0 Å². The summed E-state index contributed by atoms with van der Waals surface area (Å²) in [5, 5.41) is 2.29. The summed E-state index contributed by atoms with van der Waals surface area (Å²) >= 11 is 6.25. The van der Waals surface area contributed by atoms with Gasteiger partial charge in [-0.25, -0.2) is 16.8 Å². The van der Waals surface area contributed by atoms with Crippen LogP contribution < -0.4 is 14.4 Å². The second-order valence-electron chi connectivity index (χ2n) is 10.2. The number of benzene rings is 3. The number of amides is 1. The number of sulfonamides is 2. The van der Waals surface area contributed by atoms with Crippen LogP contribution in [0.4, 0.5) is 24.5 Å². The number of nitrogens with one attached hydrogen (secondary N) is 1. The summed E-state index contributed by atoms with van der Waals surface area (Å²) in [7, 11) is -7.16. The van der Waals surface area contributed by atoms with Crippen LogP contribution in [0.1, 0.15) is 41.6 Å². The molecule has 45 heavy (non-hydrogen) atoms. The number of carbonyl (C=O) groups is 1. The third-order valence-electron chi connectivity index (χ3n) is 7.14. The lowest BCUT2D eigenvalue weighted by molar-refractivity contribution is -0.137. The van der Waals surface area contributed by atoms with E-state index in [-0.39, 0.29) is 32.6 Å². The van der Waals surface area contributed by atoms with Crippen molar-refractivity contribution in [1.82, 2.24) is 4.31 Å². The number of hydrogen-bond donors (Lipinski definition) is 1. The van der Waals surface area contributed by atoms with Crippen molar-refractivity contribution in [3.05, 3.63) is 89.5 Å². The van der Waals surface area contributed by atoms with Gasteiger partial charge in [-0.3, -0.25) is 9.10 Å². The standard InChI is InChI=1S/C30H31ClF3N3O6S2/c1-3-15-37(23-10-8-9-22(19-23)30(32,33)34)45(41,42)28-18-21(11-13-25(28)31)29(38)35-26-20-24(12-14-27(26)43-2)44(39,40)36-16-6-4-5-7-17-36/h3,8-14,18-20H,1,4-7,15-17H2,2H3,(H,35,38). The second-order valence-corrected chi connectivity index (χ2v) is 14.3. The molecule has 9 nitrogen and oxygen atoms in total. The van der Waals surface area contributed by atoms with Crippen LogP contribution in [0.15, 0.2) is 83.1 Å². The van der Waals surface area contributed by atoms with Crippen molar-refractivity contribution >= 4 is 48.9 Å². The lowest BCUT2D eigenvalue weighted by atomic mass is 10.2. The molecule has 0 aliphatic carbocycles. The third kappa shape index (κ3) is 7.63. The number of halogens is 4. The molecule has 3 aromatic carbocycles. The Kier molecular flexibility index (Phi) is 10.5. The van der Waals surface area contributed by atoms with Gasteiger partial charge in [0.1, 0.15) is 10.6 Å². The molecule has 0 radical (unpaired) electrons. The quantitative estimate of drug-likeness (QED) is 0.242. The van der Waals surface area contributed by atoms with Crippen molar-refractivity contribution in [3.63, 3.8) is 0 Å². The molecule has 1 saturated heterocycles. The highest BCUT2D eigenvalue weighted by Gasteiger charge is 2.33. The minimum Gasteiger partial charge on any atom is -0.495 e. The number of rotatable bonds is 10. The van der Waals surface area contributed by atoms with E-state index in [0.29, 0.717) is 23.5 Å². The first kappa shape index (κ1) is 34.3. The molecule has 0 aromatic heterocycles. The van der Waals surface area contributed by atoms with Crippen LogP contribution in [0.25, 0.3) is 0 Å². The van der Waals surface area contributed by atoms with Gasteiger partial charge in [0.25, 0.3) is 15.9 Å². The molecule has 3 aromatic rings. The zero-order valence-electron chi connectivity index (χ0n) is 24.2. The number of anilines is 2. The SMILES string of the molecule is C=CCN(c1cccc(C(F)(F)F)c1)S(=O)(=O)c1cc(C(=O)Nc2cc(S(=O)(=O)N3CCCCCC3)ccc2OC)ccc1Cl. The van der Waals surface area contributed by atoms with Crippen molar-refractivity contribution in [2.75, 3.05) is 36.4 Å². The fraction of sp³-hybridized carbons (Fsp3) is 0.300. The molecule has 242 valence electrons. The Bertz CT molecular complexity index is 1790. The van der Waals surface area contributed by atoms with Gasteiger partial charge < -0.3 is 10.1 Å². The lowest BCUT2D eigenvalue weighted by Gasteiger charge is -2.25. The van der Waals surface area contributed by atoms with Crippen molar-refractivity contribution in [2.24, 2.45) is 0 Å². The van der Waals surface area contributed by atoms with Gasteiger partial charge in [0.05, 0.1) is 40.5 Å². The second kappa shape index (κ2) is 13.8. The maximum atomic E-state index is 13.8. The number of ether oxygens (including phenoxy) is 1. The van der Waals surface area contributed by atoms with E-state index in [2.05, 4.69) is 11.9 Å². The first-order chi connectivity index (χ1) is 21.2. The zero-order chi connectivity index (χ0) is 33.0. The Morgan fingerprint density at radius 3 is 2.33 bits per heavy atom.